The van der Waals surface area contributed by atoms with E-state index >= 15 is 0 Å². The van der Waals surface area contributed by atoms with Crippen LogP contribution < -0.4 is 24.5 Å². The third kappa shape index (κ3) is 5.04. The average molecular weight is 509 g/mol. The molecule has 0 bridgehead atoms. The van der Waals surface area contributed by atoms with E-state index in [1.54, 1.807) is 0 Å². The highest BCUT2D eigenvalue weighted by molar-refractivity contribution is 6.23. The Morgan fingerprint density at radius 1 is 1.03 bits per heavy atom. The summed E-state index contributed by atoms with van der Waals surface area (Å²) < 4.78 is 54.9. The number of alkyl halides is 3. The minimum absolute atomic E-state index is 0.0257. The Bertz CT molecular complexity index is 1190. The number of hydrogen-bond acceptors (Lipinski definition) is 7. The molecule has 1 aliphatic heterocycles. The van der Waals surface area contributed by atoms with E-state index in [9.17, 15) is 32.3 Å². The SMILES string of the molecule is COc1cc(C(=O)NN(C(C)=O)C2CC(=O)N(c3cccc(C(F)(F)F)c3)C2=O)cc(OC)c1OC. The fraction of sp³-hybridized carbons (Fsp3) is 0.304. The second-order valence-corrected chi connectivity index (χ2v) is 7.58. The summed E-state index contributed by atoms with van der Waals surface area (Å²) in [4.78, 5) is 51.5. The molecule has 2 aromatic rings. The second kappa shape index (κ2) is 10.1. The summed E-state index contributed by atoms with van der Waals surface area (Å²) in [6.45, 7) is 1.06. The van der Waals surface area contributed by atoms with Crippen molar-refractivity contribution in [1.29, 1.82) is 0 Å². The van der Waals surface area contributed by atoms with Crippen LogP contribution in [-0.4, -0.2) is 56.0 Å². The minimum Gasteiger partial charge on any atom is -0.493 e. The third-order valence-corrected chi connectivity index (χ3v) is 5.35. The van der Waals surface area contributed by atoms with Gasteiger partial charge in [0, 0.05) is 12.5 Å². The molecule has 10 nitrogen and oxygen atoms in total. The zero-order valence-electron chi connectivity index (χ0n) is 19.6. The largest absolute Gasteiger partial charge is 0.493 e. The molecular weight excluding hydrogens is 487 g/mol. The number of benzene rings is 2. The van der Waals surface area contributed by atoms with E-state index in [2.05, 4.69) is 5.43 Å². The van der Waals surface area contributed by atoms with Gasteiger partial charge in [-0.3, -0.25) is 24.6 Å². The molecule has 1 heterocycles. The van der Waals surface area contributed by atoms with Gasteiger partial charge in [0.25, 0.3) is 11.8 Å². The summed E-state index contributed by atoms with van der Waals surface area (Å²) in [5, 5.41) is 0.666. The van der Waals surface area contributed by atoms with Crippen LogP contribution in [0.1, 0.15) is 29.3 Å². The number of halogens is 3. The van der Waals surface area contributed by atoms with Gasteiger partial charge in [0.15, 0.2) is 11.5 Å². The van der Waals surface area contributed by atoms with E-state index in [0.29, 0.717) is 16.0 Å². The maximum absolute atomic E-state index is 13.1. The van der Waals surface area contributed by atoms with Gasteiger partial charge in [-0.15, -0.1) is 0 Å². The van der Waals surface area contributed by atoms with E-state index in [4.69, 9.17) is 14.2 Å². The standard InChI is InChI=1S/C23H22F3N3O7/c1-12(30)29(27-21(32)13-8-17(34-2)20(36-4)18(9-13)35-3)16-11-19(31)28(22(16)33)15-7-5-6-14(10-15)23(24,25)26/h5-10,16H,11H2,1-4H3,(H,27,32). The van der Waals surface area contributed by atoms with Crippen LogP contribution >= 0.6 is 0 Å². The fourth-order valence-corrected chi connectivity index (χ4v) is 3.67. The Morgan fingerprint density at radius 3 is 2.14 bits per heavy atom. The molecule has 192 valence electrons. The molecule has 1 fully saturated rings. The van der Waals surface area contributed by atoms with Crippen molar-refractivity contribution in [3.8, 4) is 17.2 Å². The first-order valence-corrected chi connectivity index (χ1v) is 10.4. The number of rotatable bonds is 6. The highest BCUT2D eigenvalue weighted by Gasteiger charge is 2.45. The Balaban J connectivity index is 1.90. The molecule has 4 amide bonds. The topological polar surface area (TPSA) is 114 Å². The van der Waals surface area contributed by atoms with Gasteiger partial charge in [-0.1, -0.05) is 6.07 Å². The molecule has 0 aliphatic carbocycles. The number of hydrazine groups is 1. The van der Waals surface area contributed by atoms with Crippen molar-refractivity contribution in [1.82, 2.24) is 10.4 Å². The van der Waals surface area contributed by atoms with Crippen molar-refractivity contribution < 1.29 is 46.6 Å². The highest BCUT2D eigenvalue weighted by Crippen LogP contribution is 2.38. The van der Waals surface area contributed by atoms with Gasteiger partial charge in [0.2, 0.25) is 17.6 Å². The maximum Gasteiger partial charge on any atom is 0.416 e. The summed E-state index contributed by atoms with van der Waals surface area (Å²) in [5.74, 6) is -2.92. The molecule has 1 N–H and O–H groups in total. The number of nitrogens with one attached hydrogen (secondary N) is 1. The zero-order chi connectivity index (χ0) is 26.8. The Hall–Kier alpha value is -4.29. The number of carbonyl (C=O) groups is 4. The maximum atomic E-state index is 13.1. The average Bonchev–Trinajstić information content (AvgIpc) is 3.13. The number of nitrogens with zero attached hydrogens (tertiary/aromatic N) is 2. The zero-order valence-corrected chi connectivity index (χ0v) is 19.6. The molecular formula is C23H22F3N3O7. The first-order valence-electron chi connectivity index (χ1n) is 10.4. The van der Waals surface area contributed by atoms with Crippen molar-refractivity contribution in [3.63, 3.8) is 0 Å². The number of hydrogen-bond donors (Lipinski definition) is 1. The lowest BCUT2D eigenvalue weighted by Gasteiger charge is -2.27. The number of ether oxygens (including phenoxy) is 3. The number of amides is 4. The third-order valence-electron chi connectivity index (χ3n) is 5.35. The smallest absolute Gasteiger partial charge is 0.416 e. The van der Waals surface area contributed by atoms with Gasteiger partial charge in [0.1, 0.15) is 6.04 Å². The molecule has 3 rings (SSSR count). The van der Waals surface area contributed by atoms with Crippen molar-refractivity contribution in [2.24, 2.45) is 0 Å². The van der Waals surface area contributed by atoms with Gasteiger partial charge in [0.05, 0.1) is 39.0 Å². The van der Waals surface area contributed by atoms with Crippen molar-refractivity contribution in [2.75, 3.05) is 26.2 Å². The first kappa shape index (κ1) is 26.3. The van der Waals surface area contributed by atoms with Crippen molar-refractivity contribution in [2.45, 2.75) is 25.6 Å². The molecule has 1 unspecified atom stereocenters. The van der Waals surface area contributed by atoms with Gasteiger partial charge in [-0.2, -0.15) is 13.2 Å². The Labute approximate surface area is 203 Å². The van der Waals surface area contributed by atoms with Gasteiger partial charge in [-0.05, 0) is 30.3 Å². The predicted octanol–water partition coefficient (Wildman–Crippen LogP) is 2.56. The van der Waals surface area contributed by atoms with Crippen LogP contribution in [0.3, 0.4) is 0 Å². The van der Waals surface area contributed by atoms with E-state index in [1.807, 2.05) is 0 Å². The van der Waals surface area contributed by atoms with Crippen LogP contribution in [0.25, 0.3) is 0 Å². The molecule has 0 saturated carbocycles. The van der Waals surface area contributed by atoms with E-state index in [1.165, 1.54) is 39.5 Å². The van der Waals surface area contributed by atoms with Crippen molar-refractivity contribution >= 4 is 29.3 Å². The van der Waals surface area contributed by atoms with Gasteiger partial charge < -0.3 is 14.2 Å². The number of imide groups is 1. The van der Waals surface area contributed by atoms with Gasteiger partial charge >= 0.3 is 6.18 Å². The van der Waals surface area contributed by atoms with E-state index in [0.717, 1.165) is 19.1 Å². The summed E-state index contributed by atoms with van der Waals surface area (Å²) in [6, 6.07) is 4.82. The predicted molar refractivity (Wildman–Crippen MR) is 118 cm³/mol. The van der Waals surface area contributed by atoms with Crippen LogP contribution in [-0.2, 0) is 20.6 Å². The molecule has 1 aliphatic rings. The van der Waals surface area contributed by atoms with Crippen LogP contribution in [0, 0.1) is 0 Å². The normalized spacial score (nSPS) is 15.5. The molecule has 1 saturated heterocycles. The minimum atomic E-state index is -4.69. The lowest BCUT2D eigenvalue weighted by atomic mass is 10.1. The summed E-state index contributed by atoms with van der Waals surface area (Å²) in [7, 11) is 4.05. The number of methoxy groups -OCH3 is 3. The van der Waals surface area contributed by atoms with Crippen LogP contribution in [0.5, 0.6) is 17.2 Å². The van der Waals surface area contributed by atoms with Crippen molar-refractivity contribution in [3.05, 3.63) is 47.5 Å². The summed E-state index contributed by atoms with van der Waals surface area (Å²) in [5.41, 5.74) is 0.904. The van der Waals surface area contributed by atoms with E-state index in [-0.39, 0.29) is 28.5 Å². The molecule has 0 radical (unpaired) electrons. The van der Waals surface area contributed by atoms with Crippen LogP contribution in [0.4, 0.5) is 18.9 Å². The van der Waals surface area contributed by atoms with E-state index < -0.39 is 47.8 Å². The first-order chi connectivity index (χ1) is 16.9. The van der Waals surface area contributed by atoms with Crippen LogP contribution in [0.2, 0.25) is 0 Å². The summed E-state index contributed by atoms with van der Waals surface area (Å²) >= 11 is 0. The molecule has 2 aromatic carbocycles. The molecule has 0 aromatic heterocycles. The molecule has 1 atom stereocenters. The highest BCUT2D eigenvalue weighted by atomic mass is 19.4. The number of anilines is 1. The molecule has 13 heteroatoms. The fourth-order valence-electron chi connectivity index (χ4n) is 3.67. The van der Waals surface area contributed by atoms with Crippen LogP contribution in [0.15, 0.2) is 36.4 Å². The quantitative estimate of drug-likeness (QED) is 0.470. The monoisotopic (exact) mass is 509 g/mol. The Morgan fingerprint density at radius 2 is 1.64 bits per heavy atom. The lowest BCUT2D eigenvalue weighted by Crippen LogP contribution is -2.54. The molecule has 36 heavy (non-hydrogen) atoms. The lowest BCUT2D eigenvalue weighted by molar-refractivity contribution is -0.139. The molecule has 0 spiro atoms. The van der Waals surface area contributed by atoms with Gasteiger partial charge in [-0.25, -0.2) is 9.91 Å². The second-order valence-electron chi connectivity index (χ2n) is 7.58. The Kier molecular flexibility index (Phi) is 7.41. The summed E-state index contributed by atoms with van der Waals surface area (Å²) in [6.07, 6.45) is -5.24. The number of carbonyl (C=O) groups excluding carboxylic acids is 4.